The topological polar surface area (TPSA) is 28.5 Å². The summed E-state index contributed by atoms with van der Waals surface area (Å²) in [4.78, 5) is 15.8. The first-order chi connectivity index (χ1) is 9.93. The number of hydrogen-bond acceptors (Lipinski definition) is 2. The van der Waals surface area contributed by atoms with Crippen molar-refractivity contribution in [1.82, 2.24) is 14.4 Å². The average molecular weight is 287 g/mol. The van der Waals surface area contributed by atoms with Crippen LogP contribution in [0, 0.1) is 0 Å². The van der Waals surface area contributed by atoms with Crippen LogP contribution in [0.5, 0.6) is 0 Å². The number of amides is 1. The van der Waals surface area contributed by atoms with Gasteiger partial charge in [-0.1, -0.05) is 12.1 Å². The summed E-state index contributed by atoms with van der Waals surface area (Å²) < 4.78 is 2.24. The minimum Gasteiger partial charge on any atom is -0.348 e. The summed E-state index contributed by atoms with van der Waals surface area (Å²) in [5.41, 5.74) is 2.49. The summed E-state index contributed by atoms with van der Waals surface area (Å²) in [6.45, 7) is 5.84. The molecule has 0 bridgehead atoms. The molecule has 2 aromatic rings. The molecule has 0 saturated carbocycles. The fourth-order valence-corrected chi connectivity index (χ4v) is 2.59. The maximum absolute atomic E-state index is 12.0. The van der Waals surface area contributed by atoms with Crippen molar-refractivity contribution in [2.24, 2.45) is 0 Å². The zero-order valence-electron chi connectivity index (χ0n) is 13.6. The van der Waals surface area contributed by atoms with Crippen LogP contribution in [-0.2, 0) is 17.9 Å². The van der Waals surface area contributed by atoms with E-state index in [-0.39, 0.29) is 11.9 Å². The van der Waals surface area contributed by atoms with Gasteiger partial charge in [0.05, 0.1) is 6.04 Å². The fraction of sp³-hybridized carbons (Fsp3) is 0.471. The highest BCUT2D eigenvalue weighted by molar-refractivity contribution is 5.81. The fourth-order valence-electron chi connectivity index (χ4n) is 2.59. The monoisotopic (exact) mass is 287 g/mol. The van der Waals surface area contributed by atoms with E-state index in [1.165, 1.54) is 16.5 Å². The van der Waals surface area contributed by atoms with Crippen molar-refractivity contribution >= 4 is 16.8 Å². The van der Waals surface area contributed by atoms with Crippen LogP contribution in [0.15, 0.2) is 30.5 Å². The third kappa shape index (κ3) is 3.27. The van der Waals surface area contributed by atoms with Gasteiger partial charge in [0.1, 0.15) is 0 Å². The zero-order chi connectivity index (χ0) is 15.6. The molecular formula is C17H25N3O. The highest BCUT2D eigenvalue weighted by atomic mass is 16.2. The largest absolute Gasteiger partial charge is 0.348 e. The number of hydrogen-bond donors (Lipinski definition) is 0. The van der Waals surface area contributed by atoms with Crippen LogP contribution in [-0.4, -0.2) is 47.5 Å². The van der Waals surface area contributed by atoms with E-state index in [1.54, 1.807) is 19.0 Å². The Hall–Kier alpha value is -1.81. The lowest BCUT2D eigenvalue weighted by atomic mass is 10.1. The quantitative estimate of drug-likeness (QED) is 0.845. The number of nitrogens with zero attached hydrogens (tertiary/aromatic N) is 3. The molecule has 1 aromatic carbocycles. The number of carbonyl (C=O) groups excluding carboxylic acids is 1. The maximum Gasteiger partial charge on any atom is 0.239 e. The Morgan fingerprint density at radius 3 is 2.57 bits per heavy atom. The van der Waals surface area contributed by atoms with E-state index in [0.717, 1.165) is 13.1 Å². The maximum atomic E-state index is 12.0. The molecule has 4 heteroatoms. The summed E-state index contributed by atoms with van der Waals surface area (Å²) in [5.74, 6) is 0.135. The van der Waals surface area contributed by atoms with Crippen molar-refractivity contribution in [2.45, 2.75) is 33.0 Å². The van der Waals surface area contributed by atoms with Crippen molar-refractivity contribution in [2.75, 3.05) is 21.1 Å². The molecule has 0 fully saturated rings. The van der Waals surface area contributed by atoms with Gasteiger partial charge in [-0.15, -0.1) is 0 Å². The summed E-state index contributed by atoms with van der Waals surface area (Å²) in [7, 11) is 5.59. The van der Waals surface area contributed by atoms with E-state index in [1.807, 2.05) is 14.0 Å². The predicted octanol–water partition coefficient (Wildman–Crippen LogP) is 2.57. The first-order valence-corrected chi connectivity index (χ1v) is 7.43. The van der Waals surface area contributed by atoms with E-state index < -0.39 is 0 Å². The molecule has 2 rings (SSSR count). The van der Waals surface area contributed by atoms with Crippen LogP contribution in [0.4, 0.5) is 0 Å². The van der Waals surface area contributed by atoms with Gasteiger partial charge < -0.3 is 9.47 Å². The molecular weight excluding hydrogens is 262 g/mol. The van der Waals surface area contributed by atoms with E-state index in [0.29, 0.717) is 0 Å². The Labute approximate surface area is 126 Å². The number of aromatic nitrogens is 1. The van der Waals surface area contributed by atoms with Crippen LogP contribution in [0.25, 0.3) is 10.9 Å². The Bertz CT molecular complexity index is 630. The zero-order valence-corrected chi connectivity index (χ0v) is 13.6. The average Bonchev–Trinajstić information content (AvgIpc) is 2.87. The SMILES string of the molecule is CCn1ccc2ccc(CN(C)[C@H](C)C(=O)N(C)C)cc21. The van der Waals surface area contributed by atoms with Crippen LogP contribution in [0.2, 0.25) is 0 Å². The summed E-state index contributed by atoms with van der Waals surface area (Å²) in [5, 5.41) is 1.26. The molecule has 0 unspecified atom stereocenters. The number of benzene rings is 1. The van der Waals surface area contributed by atoms with Gasteiger partial charge in [0, 0.05) is 38.9 Å². The van der Waals surface area contributed by atoms with Crippen molar-refractivity contribution < 1.29 is 4.79 Å². The second-order valence-electron chi connectivity index (χ2n) is 5.82. The highest BCUT2D eigenvalue weighted by Gasteiger charge is 2.19. The van der Waals surface area contributed by atoms with Gasteiger partial charge in [-0.3, -0.25) is 9.69 Å². The van der Waals surface area contributed by atoms with Crippen LogP contribution in [0.1, 0.15) is 19.4 Å². The molecule has 1 atom stereocenters. The van der Waals surface area contributed by atoms with E-state index in [4.69, 9.17) is 0 Å². The normalized spacial score (nSPS) is 12.9. The number of carbonyl (C=O) groups is 1. The lowest BCUT2D eigenvalue weighted by Gasteiger charge is -2.26. The van der Waals surface area contributed by atoms with Crippen LogP contribution >= 0.6 is 0 Å². The third-order valence-corrected chi connectivity index (χ3v) is 4.07. The molecule has 0 aliphatic heterocycles. The number of aryl methyl sites for hydroxylation is 1. The van der Waals surface area contributed by atoms with Gasteiger partial charge in [0.25, 0.3) is 0 Å². The smallest absolute Gasteiger partial charge is 0.239 e. The summed E-state index contributed by atoms with van der Waals surface area (Å²) in [6, 6.07) is 8.55. The Kier molecular flexibility index (Phi) is 4.68. The molecule has 114 valence electrons. The lowest BCUT2D eigenvalue weighted by Crippen LogP contribution is -2.42. The van der Waals surface area contributed by atoms with Gasteiger partial charge in [-0.2, -0.15) is 0 Å². The molecule has 0 saturated heterocycles. The van der Waals surface area contributed by atoms with Crippen molar-refractivity contribution in [3.63, 3.8) is 0 Å². The van der Waals surface area contributed by atoms with Crippen LogP contribution < -0.4 is 0 Å². The summed E-state index contributed by atoms with van der Waals surface area (Å²) in [6.07, 6.45) is 2.12. The highest BCUT2D eigenvalue weighted by Crippen LogP contribution is 2.19. The van der Waals surface area contributed by atoms with Gasteiger partial charge >= 0.3 is 0 Å². The minimum atomic E-state index is -0.117. The van der Waals surface area contributed by atoms with Gasteiger partial charge in [0.2, 0.25) is 5.91 Å². The molecule has 0 radical (unpaired) electrons. The Morgan fingerprint density at radius 2 is 1.95 bits per heavy atom. The van der Waals surface area contributed by atoms with E-state index >= 15 is 0 Å². The Balaban J connectivity index is 2.17. The van der Waals surface area contributed by atoms with Crippen molar-refractivity contribution in [3.05, 3.63) is 36.0 Å². The van der Waals surface area contributed by atoms with E-state index in [9.17, 15) is 4.79 Å². The molecule has 21 heavy (non-hydrogen) atoms. The second-order valence-corrected chi connectivity index (χ2v) is 5.82. The van der Waals surface area contributed by atoms with Gasteiger partial charge in [-0.05, 0) is 44.0 Å². The number of likely N-dealkylation sites (N-methyl/N-ethyl adjacent to an activating group) is 2. The van der Waals surface area contributed by atoms with Crippen LogP contribution in [0.3, 0.4) is 0 Å². The minimum absolute atomic E-state index is 0.117. The third-order valence-electron chi connectivity index (χ3n) is 4.07. The molecule has 1 aromatic heterocycles. The van der Waals surface area contributed by atoms with Crippen molar-refractivity contribution in [3.8, 4) is 0 Å². The van der Waals surface area contributed by atoms with Crippen molar-refractivity contribution in [1.29, 1.82) is 0 Å². The molecule has 0 aliphatic rings. The standard InChI is InChI=1S/C17H25N3O/c1-6-20-10-9-15-8-7-14(11-16(15)20)12-19(5)13(2)17(21)18(3)4/h7-11,13H,6,12H2,1-5H3/t13-/m1/s1. The van der Waals surface area contributed by atoms with E-state index in [2.05, 4.69) is 46.9 Å². The summed E-state index contributed by atoms with van der Waals surface area (Å²) >= 11 is 0. The van der Waals surface area contributed by atoms with Gasteiger partial charge in [0.15, 0.2) is 0 Å². The lowest BCUT2D eigenvalue weighted by molar-refractivity contribution is -0.133. The molecule has 1 amide bonds. The first kappa shape index (κ1) is 15.6. The molecule has 0 N–H and O–H groups in total. The predicted molar refractivity (Wildman–Crippen MR) is 87.2 cm³/mol. The first-order valence-electron chi connectivity index (χ1n) is 7.43. The second kappa shape index (κ2) is 6.31. The molecule has 4 nitrogen and oxygen atoms in total. The molecule has 1 heterocycles. The molecule has 0 spiro atoms. The molecule has 0 aliphatic carbocycles. The number of rotatable bonds is 5. The number of fused-ring (bicyclic) bond motifs is 1. The Morgan fingerprint density at radius 1 is 1.24 bits per heavy atom. The van der Waals surface area contributed by atoms with Gasteiger partial charge in [-0.25, -0.2) is 0 Å².